The van der Waals surface area contributed by atoms with Crippen molar-refractivity contribution in [1.82, 2.24) is 0 Å². The zero-order valence-electron chi connectivity index (χ0n) is 34.1. The van der Waals surface area contributed by atoms with Crippen molar-refractivity contribution in [2.45, 2.75) is 84.5 Å². The second kappa shape index (κ2) is 17.5. The molecule has 0 aliphatic heterocycles. The van der Waals surface area contributed by atoms with E-state index in [1.165, 1.54) is 76.8 Å². The number of benzene rings is 7. The summed E-state index contributed by atoms with van der Waals surface area (Å²) in [6.45, 7) is 6.96. The van der Waals surface area contributed by atoms with Gasteiger partial charge in [0, 0.05) is 34.8 Å². The Labute approximate surface area is 341 Å². The summed E-state index contributed by atoms with van der Waals surface area (Å²) >= 11 is 0. The third-order valence-corrected chi connectivity index (χ3v) is 11.9. The summed E-state index contributed by atoms with van der Waals surface area (Å²) in [5.74, 6) is 0.920. The van der Waals surface area contributed by atoms with Crippen LogP contribution in [0.4, 0.5) is 0 Å². The minimum absolute atomic E-state index is 0.763. The van der Waals surface area contributed by atoms with E-state index in [0.29, 0.717) is 0 Å². The van der Waals surface area contributed by atoms with Crippen molar-refractivity contribution in [3.63, 3.8) is 0 Å². The average molecular weight is 767 g/mol. The van der Waals surface area contributed by atoms with E-state index < -0.39 is 0 Å². The summed E-state index contributed by atoms with van der Waals surface area (Å²) in [5, 5.41) is 9.14. The monoisotopic (exact) mass is 766 g/mol. The molecule has 9 aromatic rings. The Morgan fingerprint density at radius 3 is 1.50 bits per heavy atom. The van der Waals surface area contributed by atoms with Crippen molar-refractivity contribution in [2.75, 3.05) is 19.8 Å². The molecule has 0 amide bonds. The van der Waals surface area contributed by atoms with E-state index in [1.54, 1.807) is 0 Å². The lowest BCUT2D eigenvalue weighted by Crippen LogP contribution is -1.97. The number of fused-ring (bicyclic) bond motifs is 10. The zero-order valence-corrected chi connectivity index (χ0v) is 34.1. The molecule has 4 heteroatoms. The van der Waals surface area contributed by atoms with Gasteiger partial charge < -0.3 is 18.3 Å². The first-order chi connectivity index (χ1) is 28.7. The quantitative estimate of drug-likeness (QED) is 0.0816. The van der Waals surface area contributed by atoms with Gasteiger partial charge in [0.1, 0.15) is 28.1 Å². The van der Waals surface area contributed by atoms with Crippen molar-refractivity contribution >= 4 is 65.4 Å². The lowest BCUT2D eigenvalue weighted by molar-refractivity contribution is 0.127. The average Bonchev–Trinajstić information content (AvgIpc) is 3.82. The summed E-state index contributed by atoms with van der Waals surface area (Å²) < 4.78 is 25.4. The summed E-state index contributed by atoms with van der Waals surface area (Å²) in [6.07, 6.45) is 13.2. The maximum atomic E-state index is 6.78. The SMILES string of the molecule is CCCCCCCCOc1ccc(-c2cc3oc4cc5c(cc4c3c3ccccc23)oc2cc(-c3ccc(CCCCOCCCC)cc3)c3ccccc3c25)cc1. The van der Waals surface area contributed by atoms with Gasteiger partial charge >= 0.3 is 0 Å². The molecular weight excluding hydrogens is 713 g/mol. The van der Waals surface area contributed by atoms with Crippen LogP contribution in [0.25, 0.3) is 87.7 Å². The molecule has 7 aromatic carbocycles. The number of furan rings is 2. The number of aryl methyl sites for hydroxylation is 1. The van der Waals surface area contributed by atoms with Crippen LogP contribution in [-0.2, 0) is 11.2 Å². The standard InChI is InChI=1S/C54H54O4/c1-3-5-7-8-9-15-32-56-40-28-26-39(27-29-40)46-34-52-54(44-21-13-11-19-42(44)46)48-36-49-47(35-50(48)58-52)53-43-20-12-10-18-41(43)45(33-51(53)57-49)38-24-22-37(23-25-38)17-14-16-31-55-30-6-4-2/h10-13,18-29,33-36H,3-9,14-17,30-32H2,1-2H3. The second-order valence-electron chi connectivity index (χ2n) is 16.0. The van der Waals surface area contributed by atoms with Crippen molar-refractivity contribution in [1.29, 1.82) is 0 Å². The Kier molecular flexibility index (Phi) is 11.5. The van der Waals surface area contributed by atoms with Crippen LogP contribution >= 0.6 is 0 Å². The van der Waals surface area contributed by atoms with E-state index in [-0.39, 0.29) is 0 Å². The summed E-state index contributed by atoms with van der Waals surface area (Å²) in [6, 6.07) is 43.8. The van der Waals surface area contributed by atoms with E-state index in [0.717, 1.165) is 113 Å². The number of hydrogen-bond donors (Lipinski definition) is 0. The van der Waals surface area contributed by atoms with Crippen LogP contribution in [0.5, 0.6) is 5.75 Å². The largest absolute Gasteiger partial charge is 0.494 e. The topological polar surface area (TPSA) is 44.7 Å². The van der Waals surface area contributed by atoms with Crippen LogP contribution in [0.15, 0.2) is 130 Å². The van der Waals surface area contributed by atoms with Crippen LogP contribution < -0.4 is 4.74 Å². The van der Waals surface area contributed by atoms with Gasteiger partial charge in [-0.1, -0.05) is 137 Å². The van der Waals surface area contributed by atoms with Gasteiger partial charge in [-0.25, -0.2) is 0 Å². The molecule has 2 aromatic heterocycles. The van der Waals surface area contributed by atoms with E-state index in [2.05, 4.69) is 135 Å². The molecule has 9 rings (SSSR count). The van der Waals surface area contributed by atoms with Gasteiger partial charge in [0.25, 0.3) is 0 Å². The minimum Gasteiger partial charge on any atom is -0.494 e. The molecule has 2 heterocycles. The number of rotatable bonds is 18. The molecule has 0 N–H and O–H groups in total. The zero-order chi connectivity index (χ0) is 39.3. The van der Waals surface area contributed by atoms with Gasteiger partial charge in [0.05, 0.1) is 6.61 Å². The van der Waals surface area contributed by atoms with E-state index in [1.807, 2.05) is 0 Å². The Bertz CT molecular complexity index is 2610. The highest BCUT2D eigenvalue weighted by Gasteiger charge is 2.20. The maximum absolute atomic E-state index is 6.78. The van der Waals surface area contributed by atoms with Crippen molar-refractivity contribution in [2.24, 2.45) is 0 Å². The number of ether oxygens (including phenoxy) is 2. The Hall–Kier alpha value is -5.58. The molecule has 0 radical (unpaired) electrons. The molecule has 58 heavy (non-hydrogen) atoms. The summed E-state index contributed by atoms with van der Waals surface area (Å²) in [7, 11) is 0. The predicted octanol–water partition coefficient (Wildman–Crippen LogP) is 16.0. The fourth-order valence-corrected chi connectivity index (χ4v) is 8.79. The predicted molar refractivity (Wildman–Crippen MR) is 244 cm³/mol. The van der Waals surface area contributed by atoms with Crippen LogP contribution in [-0.4, -0.2) is 19.8 Å². The molecule has 0 aliphatic rings. The Morgan fingerprint density at radius 1 is 0.414 bits per heavy atom. The molecule has 0 saturated heterocycles. The highest BCUT2D eigenvalue weighted by atomic mass is 16.5. The summed E-state index contributed by atoms with van der Waals surface area (Å²) in [4.78, 5) is 0. The molecule has 0 bridgehead atoms. The normalized spacial score (nSPS) is 12.0. The summed E-state index contributed by atoms with van der Waals surface area (Å²) in [5.41, 5.74) is 9.53. The van der Waals surface area contributed by atoms with Crippen molar-refractivity contribution < 1.29 is 18.3 Å². The molecule has 4 nitrogen and oxygen atoms in total. The first-order valence-corrected chi connectivity index (χ1v) is 21.8. The maximum Gasteiger partial charge on any atom is 0.136 e. The van der Waals surface area contributed by atoms with E-state index in [9.17, 15) is 0 Å². The van der Waals surface area contributed by atoms with Gasteiger partial charge in [-0.2, -0.15) is 0 Å². The Morgan fingerprint density at radius 2 is 0.914 bits per heavy atom. The molecule has 0 unspecified atom stereocenters. The lowest BCUT2D eigenvalue weighted by atomic mass is 9.93. The fraction of sp³-hybridized carbons (Fsp3) is 0.296. The molecule has 294 valence electrons. The van der Waals surface area contributed by atoms with Crippen LogP contribution in [0, 0.1) is 0 Å². The third kappa shape index (κ3) is 7.71. The highest BCUT2D eigenvalue weighted by Crippen LogP contribution is 2.45. The van der Waals surface area contributed by atoms with Gasteiger partial charge in [-0.15, -0.1) is 0 Å². The molecule has 0 aliphatic carbocycles. The van der Waals surface area contributed by atoms with Gasteiger partial charge in [0.2, 0.25) is 0 Å². The van der Waals surface area contributed by atoms with Crippen LogP contribution in [0.3, 0.4) is 0 Å². The highest BCUT2D eigenvalue weighted by molar-refractivity contribution is 6.27. The molecule has 0 saturated carbocycles. The van der Waals surface area contributed by atoms with Crippen molar-refractivity contribution in [3.8, 4) is 28.0 Å². The third-order valence-electron chi connectivity index (χ3n) is 11.9. The fourth-order valence-electron chi connectivity index (χ4n) is 8.79. The smallest absolute Gasteiger partial charge is 0.136 e. The number of unbranched alkanes of at least 4 members (excludes halogenated alkanes) is 7. The first kappa shape index (κ1) is 38.0. The van der Waals surface area contributed by atoms with Gasteiger partial charge in [-0.3, -0.25) is 0 Å². The van der Waals surface area contributed by atoms with Crippen LogP contribution in [0.1, 0.15) is 83.6 Å². The van der Waals surface area contributed by atoms with Crippen LogP contribution in [0.2, 0.25) is 0 Å². The second-order valence-corrected chi connectivity index (χ2v) is 16.0. The van der Waals surface area contributed by atoms with Gasteiger partial charge in [0.15, 0.2) is 0 Å². The molecule has 0 atom stereocenters. The minimum atomic E-state index is 0.763. The molecular formula is C54H54O4. The van der Waals surface area contributed by atoms with Gasteiger partial charge in [-0.05, 0) is 118 Å². The number of hydrogen-bond acceptors (Lipinski definition) is 4. The first-order valence-electron chi connectivity index (χ1n) is 21.8. The van der Waals surface area contributed by atoms with E-state index in [4.69, 9.17) is 18.3 Å². The molecule has 0 fully saturated rings. The van der Waals surface area contributed by atoms with Crippen molar-refractivity contribution in [3.05, 3.63) is 127 Å². The Balaban J connectivity index is 1.03. The lowest BCUT2D eigenvalue weighted by Gasteiger charge is -2.10. The molecule has 0 spiro atoms. The van der Waals surface area contributed by atoms with E-state index >= 15 is 0 Å².